The van der Waals surface area contributed by atoms with Gasteiger partial charge in [-0.25, -0.2) is 9.97 Å². The van der Waals surface area contributed by atoms with Crippen LogP contribution in [0.15, 0.2) is 12.5 Å². The van der Waals surface area contributed by atoms with Gasteiger partial charge < -0.3 is 10.2 Å². The summed E-state index contributed by atoms with van der Waals surface area (Å²) in [6.45, 7) is 3.28. The molecule has 1 aliphatic heterocycles. The molecule has 2 aromatic heterocycles. The molecule has 1 N–H and O–H groups in total. The van der Waals surface area contributed by atoms with Gasteiger partial charge in [0, 0.05) is 33.1 Å². The van der Waals surface area contributed by atoms with Gasteiger partial charge in [-0.2, -0.15) is 5.10 Å². The van der Waals surface area contributed by atoms with Gasteiger partial charge in [0.1, 0.15) is 12.1 Å². The predicted octanol–water partition coefficient (Wildman–Crippen LogP) is 0.468. The van der Waals surface area contributed by atoms with Crippen molar-refractivity contribution < 1.29 is 4.79 Å². The Morgan fingerprint density at radius 3 is 3.10 bits per heavy atom. The molecule has 2 aromatic rings. The Labute approximate surface area is 117 Å². The van der Waals surface area contributed by atoms with Gasteiger partial charge in [-0.3, -0.25) is 9.48 Å². The van der Waals surface area contributed by atoms with Crippen LogP contribution in [0, 0.1) is 0 Å². The van der Waals surface area contributed by atoms with Crippen molar-refractivity contribution in [3.63, 3.8) is 0 Å². The molecule has 1 atom stereocenters. The lowest BCUT2D eigenvalue weighted by atomic mass is 10.1. The Balaban J connectivity index is 1.88. The van der Waals surface area contributed by atoms with Gasteiger partial charge in [0.15, 0.2) is 5.65 Å². The number of anilines is 1. The molecule has 7 nitrogen and oxygen atoms in total. The molecule has 0 saturated carbocycles. The fourth-order valence-electron chi connectivity index (χ4n) is 2.78. The summed E-state index contributed by atoms with van der Waals surface area (Å²) in [7, 11) is 1.87. The number of nitrogens with zero attached hydrogens (tertiary/aromatic N) is 5. The predicted molar refractivity (Wildman–Crippen MR) is 75.4 cm³/mol. The van der Waals surface area contributed by atoms with Gasteiger partial charge >= 0.3 is 0 Å². The molecule has 0 spiro atoms. The summed E-state index contributed by atoms with van der Waals surface area (Å²) >= 11 is 0. The van der Waals surface area contributed by atoms with Crippen molar-refractivity contribution >= 4 is 22.8 Å². The lowest BCUT2D eigenvalue weighted by Gasteiger charge is -2.33. The van der Waals surface area contributed by atoms with Crippen molar-refractivity contribution in [3.8, 4) is 0 Å². The second-order valence-corrected chi connectivity index (χ2v) is 5.19. The minimum absolute atomic E-state index is 0.0195. The zero-order valence-corrected chi connectivity index (χ0v) is 11.7. The van der Waals surface area contributed by atoms with Crippen LogP contribution in [0.4, 0.5) is 5.82 Å². The molecule has 106 valence electrons. The summed E-state index contributed by atoms with van der Waals surface area (Å²) in [6.07, 6.45) is 5.42. The first-order valence-electron chi connectivity index (χ1n) is 6.80. The molecule has 3 rings (SSSR count). The molecule has 1 saturated heterocycles. The van der Waals surface area contributed by atoms with E-state index < -0.39 is 0 Å². The zero-order valence-electron chi connectivity index (χ0n) is 11.7. The lowest BCUT2D eigenvalue weighted by molar-refractivity contribution is -0.119. The van der Waals surface area contributed by atoms with E-state index in [9.17, 15) is 4.79 Å². The van der Waals surface area contributed by atoms with Gasteiger partial charge in [-0.15, -0.1) is 0 Å². The zero-order chi connectivity index (χ0) is 14.1. The van der Waals surface area contributed by atoms with Crippen molar-refractivity contribution in [2.75, 3.05) is 18.0 Å². The number of hydrogen-bond donors (Lipinski definition) is 1. The molecule has 7 heteroatoms. The van der Waals surface area contributed by atoms with Crippen molar-refractivity contribution in [1.29, 1.82) is 0 Å². The van der Waals surface area contributed by atoms with Gasteiger partial charge in [-0.1, -0.05) is 0 Å². The highest BCUT2D eigenvalue weighted by Gasteiger charge is 2.23. The van der Waals surface area contributed by atoms with E-state index >= 15 is 0 Å². The molecular formula is C13H18N6O. The number of fused-ring (bicyclic) bond motifs is 1. The van der Waals surface area contributed by atoms with Gasteiger partial charge in [0.2, 0.25) is 5.91 Å². The van der Waals surface area contributed by atoms with Crippen LogP contribution in [0.5, 0.6) is 0 Å². The highest BCUT2D eigenvalue weighted by molar-refractivity contribution is 5.86. The molecule has 1 unspecified atom stereocenters. The van der Waals surface area contributed by atoms with Crippen LogP contribution in [0.25, 0.3) is 11.0 Å². The number of amides is 1. The number of aryl methyl sites for hydroxylation is 1. The van der Waals surface area contributed by atoms with Gasteiger partial charge in [0.05, 0.1) is 11.6 Å². The SMILES string of the molecule is CC(=O)NC1CCCN(c2ncnc3c2cnn3C)C1. The maximum Gasteiger partial charge on any atom is 0.217 e. The van der Waals surface area contributed by atoms with E-state index in [1.165, 1.54) is 0 Å². The van der Waals surface area contributed by atoms with Crippen LogP contribution in [0.3, 0.4) is 0 Å². The third-order valence-corrected chi connectivity index (χ3v) is 3.64. The van der Waals surface area contributed by atoms with Crippen LogP contribution in [0.1, 0.15) is 19.8 Å². The second-order valence-electron chi connectivity index (χ2n) is 5.19. The van der Waals surface area contributed by atoms with E-state index in [4.69, 9.17) is 0 Å². The molecule has 1 amide bonds. The van der Waals surface area contributed by atoms with Crippen molar-refractivity contribution in [2.45, 2.75) is 25.8 Å². The molecule has 0 bridgehead atoms. The number of nitrogens with one attached hydrogen (secondary N) is 1. The number of carbonyl (C=O) groups excluding carboxylic acids is 1. The smallest absolute Gasteiger partial charge is 0.217 e. The monoisotopic (exact) mass is 274 g/mol. The standard InChI is InChI=1S/C13H18N6O/c1-9(20)17-10-4-3-5-19(7-10)13-11-6-16-18(2)12(11)14-8-15-13/h6,8,10H,3-5,7H2,1-2H3,(H,17,20). The average Bonchev–Trinajstić information content (AvgIpc) is 2.80. The van der Waals surface area contributed by atoms with Gasteiger partial charge in [-0.05, 0) is 12.8 Å². The number of piperidine rings is 1. The first-order chi connectivity index (χ1) is 9.65. The Morgan fingerprint density at radius 2 is 2.30 bits per heavy atom. The van der Waals surface area contributed by atoms with E-state index in [-0.39, 0.29) is 11.9 Å². The topological polar surface area (TPSA) is 75.9 Å². The summed E-state index contributed by atoms with van der Waals surface area (Å²) in [5, 5.41) is 8.18. The third-order valence-electron chi connectivity index (χ3n) is 3.64. The molecular weight excluding hydrogens is 256 g/mol. The molecule has 1 fully saturated rings. The Kier molecular flexibility index (Phi) is 3.25. The van der Waals surface area contributed by atoms with Crippen LogP contribution >= 0.6 is 0 Å². The number of aromatic nitrogens is 4. The van der Waals surface area contributed by atoms with Gasteiger partial charge in [0.25, 0.3) is 0 Å². The Bertz CT molecular complexity index is 637. The number of hydrogen-bond acceptors (Lipinski definition) is 5. The Morgan fingerprint density at radius 1 is 1.45 bits per heavy atom. The van der Waals surface area contributed by atoms with E-state index in [0.29, 0.717) is 0 Å². The largest absolute Gasteiger partial charge is 0.354 e. The summed E-state index contributed by atoms with van der Waals surface area (Å²) in [4.78, 5) is 22.1. The summed E-state index contributed by atoms with van der Waals surface area (Å²) < 4.78 is 1.75. The normalized spacial score (nSPS) is 19.3. The lowest BCUT2D eigenvalue weighted by Crippen LogP contribution is -2.47. The first kappa shape index (κ1) is 12.8. The number of rotatable bonds is 2. The highest BCUT2D eigenvalue weighted by atomic mass is 16.1. The summed E-state index contributed by atoms with van der Waals surface area (Å²) in [5.41, 5.74) is 0.830. The van der Waals surface area contributed by atoms with E-state index in [1.807, 2.05) is 7.05 Å². The van der Waals surface area contributed by atoms with Crippen molar-refractivity contribution in [1.82, 2.24) is 25.1 Å². The van der Waals surface area contributed by atoms with Crippen molar-refractivity contribution in [3.05, 3.63) is 12.5 Å². The fraction of sp³-hybridized carbons (Fsp3) is 0.538. The third kappa shape index (κ3) is 2.31. The quantitative estimate of drug-likeness (QED) is 0.861. The van der Waals surface area contributed by atoms with E-state index in [2.05, 4.69) is 25.3 Å². The number of carbonyl (C=O) groups is 1. The summed E-state index contributed by atoms with van der Waals surface area (Å²) in [5.74, 6) is 0.921. The van der Waals surface area contributed by atoms with Crippen LogP contribution in [-0.4, -0.2) is 44.8 Å². The molecule has 0 aromatic carbocycles. The molecule has 1 aliphatic rings. The minimum Gasteiger partial charge on any atom is -0.354 e. The van der Waals surface area contributed by atoms with E-state index in [1.54, 1.807) is 24.1 Å². The minimum atomic E-state index is 0.0195. The maximum atomic E-state index is 11.2. The van der Waals surface area contributed by atoms with Crippen LogP contribution < -0.4 is 10.2 Å². The second kappa shape index (κ2) is 5.07. The molecule has 0 aliphatic carbocycles. The van der Waals surface area contributed by atoms with E-state index in [0.717, 1.165) is 42.8 Å². The molecule has 20 heavy (non-hydrogen) atoms. The fourth-order valence-corrected chi connectivity index (χ4v) is 2.78. The average molecular weight is 274 g/mol. The summed E-state index contributed by atoms with van der Waals surface area (Å²) in [6, 6.07) is 0.183. The van der Waals surface area contributed by atoms with Crippen molar-refractivity contribution in [2.24, 2.45) is 7.05 Å². The molecule has 3 heterocycles. The van der Waals surface area contributed by atoms with Crippen LogP contribution in [0.2, 0.25) is 0 Å². The first-order valence-corrected chi connectivity index (χ1v) is 6.80. The molecule has 0 radical (unpaired) electrons. The van der Waals surface area contributed by atoms with Crippen LogP contribution in [-0.2, 0) is 11.8 Å². The maximum absolute atomic E-state index is 11.2. The Hall–Kier alpha value is -2.18. The highest BCUT2D eigenvalue weighted by Crippen LogP contribution is 2.25.